The monoisotopic (exact) mass is 428 g/mol. The summed E-state index contributed by atoms with van der Waals surface area (Å²) in [5.41, 5.74) is 5.57. The number of benzene rings is 3. The molecule has 32 heavy (non-hydrogen) atoms. The summed E-state index contributed by atoms with van der Waals surface area (Å²) in [5, 5.41) is 12.9. The summed E-state index contributed by atoms with van der Waals surface area (Å²) < 4.78 is 0. The molecule has 0 spiro atoms. The number of amides is 2. The van der Waals surface area contributed by atoms with E-state index in [1.54, 1.807) is 36.4 Å². The number of hydrogen-bond donors (Lipinski definition) is 1. The lowest BCUT2D eigenvalue weighted by molar-refractivity contribution is -0.384. The number of hydrogen-bond acceptors (Lipinski definition) is 6. The second-order valence-corrected chi connectivity index (χ2v) is 7.89. The fourth-order valence-electron chi connectivity index (χ4n) is 4.51. The van der Waals surface area contributed by atoms with Crippen LogP contribution in [0.2, 0.25) is 0 Å². The van der Waals surface area contributed by atoms with Crippen LogP contribution in [-0.2, 0) is 16.1 Å². The summed E-state index contributed by atoms with van der Waals surface area (Å²) in [7, 11) is 0. The van der Waals surface area contributed by atoms with Gasteiger partial charge in [-0.3, -0.25) is 19.7 Å². The zero-order chi connectivity index (χ0) is 22.2. The topological polar surface area (TPSA) is 95.8 Å². The molecule has 2 amide bonds. The van der Waals surface area contributed by atoms with Crippen molar-refractivity contribution in [2.45, 2.75) is 18.6 Å². The first-order valence-electron chi connectivity index (χ1n) is 10.3. The largest absolute Gasteiger partial charge is 0.274 e. The zero-order valence-electron chi connectivity index (χ0n) is 17.0. The fourth-order valence-corrected chi connectivity index (χ4v) is 4.51. The fraction of sp³-hybridized carbons (Fsp3) is 0.167. The van der Waals surface area contributed by atoms with Crippen molar-refractivity contribution in [3.63, 3.8) is 0 Å². The van der Waals surface area contributed by atoms with Crippen molar-refractivity contribution < 1.29 is 14.5 Å². The van der Waals surface area contributed by atoms with Crippen molar-refractivity contribution in [3.05, 3.63) is 106 Å². The van der Waals surface area contributed by atoms with Crippen LogP contribution in [0.5, 0.6) is 0 Å². The van der Waals surface area contributed by atoms with Crippen LogP contribution in [0.15, 0.2) is 84.9 Å². The molecule has 2 heterocycles. The maximum atomic E-state index is 13.5. The predicted molar refractivity (Wildman–Crippen MR) is 117 cm³/mol. The number of nitro benzene ring substituents is 1. The van der Waals surface area contributed by atoms with E-state index in [0.29, 0.717) is 12.2 Å². The van der Waals surface area contributed by atoms with Gasteiger partial charge in [-0.2, -0.15) is 0 Å². The number of fused-ring (bicyclic) bond motifs is 1. The minimum absolute atomic E-state index is 0.0239. The number of non-ortho nitro benzene ring substituents is 1. The molecule has 160 valence electrons. The van der Waals surface area contributed by atoms with Gasteiger partial charge in [0.2, 0.25) is 5.91 Å². The lowest BCUT2D eigenvalue weighted by atomic mass is 9.91. The zero-order valence-corrected chi connectivity index (χ0v) is 17.0. The minimum atomic E-state index is -0.678. The molecule has 3 aromatic carbocycles. The molecule has 2 aliphatic heterocycles. The Labute approximate surface area is 184 Å². The third-order valence-corrected chi connectivity index (χ3v) is 5.99. The number of nitro groups is 1. The molecular formula is C24H20N4O4. The predicted octanol–water partition coefficient (Wildman–Crippen LogP) is 3.21. The summed E-state index contributed by atoms with van der Waals surface area (Å²) in [6.07, 6.45) is 0. The first-order chi connectivity index (χ1) is 15.5. The molecule has 3 atom stereocenters. The minimum Gasteiger partial charge on any atom is -0.274 e. The smallest absolute Gasteiger partial charge is 0.269 e. The number of anilines is 1. The van der Waals surface area contributed by atoms with E-state index >= 15 is 0 Å². The highest BCUT2D eigenvalue weighted by Crippen LogP contribution is 2.42. The van der Waals surface area contributed by atoms with Gasteiger partial charge in [0, 0.05) is 18.7 Å². The van der Waals surface area contributed by atoms with Crippen LogP contribution >= 0.6 is 0 Å². The van der Waals surface area contributed by atoms with Crippen LogP contribution in [0.4, 0.5) is 11.4 Å². The summed E-state index contributed by atoms with van der Waals surface area (Å²) in [4.78, 5) is 38.8. The second kappa shape index (κ2) is 7.99. The van der Waals surface area contributed by atoms with Crippen molar-refractivity contribution in [2.75, 3.05) is 4.90 Å². The quantitative estimate of drug-likeness (QED) is 0.381. The molecule has 0 radical (unpaired) electrons. The van der Waals surface area contributed by atoms with Gasteiger partial charge in [0.25, 0.3) is 11.6 Å². The Hall–Kier alpha value is -3.88. The Morgan fingerprint density at radius 2 is 1.47 bits per heavy atom. The Balaban J connectivity index is 1.53. The average molecular weight is 428 g/mol. The van der Waals surface area contributed by atoms with E-state index in [2.05, 4.69) is 5.43 Å². The summed E-state index contributed by atoms with van der Waals surface area (Å²) in [6.45, 7) is 0.438. The lowest BCUT2D eigenvalue weighted by Gasteiger charge is -2.25. The molecule has 8 heteroatoms. The van der Waals surface area contributed by atoms with Crippen molar-refractivity contribution in [1.29, 1.82) is 0 Å². The first kappa shape index (κ1) is 20.0. The van der Waals surface area contributed by atoms with Crippen molar-refractivity contribution >= 4 is 23.2 Å². The molecule has 3 aromatic rings. The summed E-state index contributed by atoms with van der Waals surface area (Å²) in [6, 6.07) is 23.6. The molecule has 0 aromatic heterocycles. The van der Waals surface area contributed by atoms with Crippen molar-refractivity contribution in [1.82, 2.24) is 10.4 Å². The van der Waals surface area contributed by atoms with E-state index < -0.39 is 22.9 Å². The van der Waals surface area contributed by atoms with Gasteiger partial charge < -0.3 is 0 Å². The van der Waals surface area contributed by atoms with E-state index in [0.717, 1.165) is 11.1 Å². The van der Waals surface area contributed by atoms with Gasteiger partial charge in [-0.05, 0) is 23.3 Å². The molecule has 1 N–H and O–H groups in total. The summed E-state index contributed by atoms with van der Waals surface area (Å²) >= 11 is 0. The van der Waals surface area contributed by atoms with Crippen molar-refractivity contribution in [3.8, 4) is 0 Å². The van der Waals surface area contributed by atoms with Gasteiger partial charge in [0.05, 0.1) is 22.6 Å². The molecule has 5 rings (SSSR count). The molecule has 0 saturated carbocycles. The number of hydrazine groups is 1. The number of carbonyl (C=O) groups excluding carboxylic acids is 2. The van der Waals surface area contributed by atoms with Crippen LogP contribution in [0, 0.1) is 16.0 Å². The normalized spacial score (nSPS) is 22.9. The maximum Gasteiger partial charge on any atom is 0.269 e. The van der Waals surface area contributed by atoms with E-state index in [-0.39, 0.29) is 17.5 Å². The van der Waals surface area contributed by atoms with Crippen LogP contribution in [0.25, 0.3) is 0 Å². The standard InChI is InChI=1S/C24H20N4O4/c29-23-20-21(17-11-13-19(14-12-17)28(31)32)25-26(15-16-7-3-1-4-8-16)22(20)24(30)27(23)18-9-5-2-6-10-18/h1-14,20-22,25H,15H2/t20-,21+,22+/m1/s1. The second-order valence-electron chi connectivity index (χ2n) is 7.89. The van der Waals surface area contributed by atoms with Crippen LogP contribution in [0.3, 0.4) is 0 Å². The van der Waals surface area contributed by atoms with E-state index in [1.807, 2.05) is 41.4 Å². The summed E-state index contributed by atoms with van der Waals surface area (Å²) in [5.74, 6) is -1.20. The molecule has 2 aliphatic rings. The molecule has 0 aliphatic carbocycles. The number of nitrogens with one attached hydrogen (secondary N) is 1. The van der Waals surface area contributed by atoms with Gasteiger partial charge in [0.1, 0.15) is 6.04 Å². The highest BCUT2D eigenvalue weighted by molar-refractivity contribution is 6.24. The lowest BCUT2D eigenvalue weighted by Crippen LogP contribution is -2.45. The van der Waals surface area contributed by atoms with E-state index in [1.165, 1.54) is 17.0 Å². The Morgan fingerprint density at radius 1 is 0.844 bits per heavy atom. The number of rotatable bonds is 5. The third-order valence-electron chi connectivity index (χ3n) is 5.99. The highest BCUT2D eigenvalue weighted by atomic mass is 16.6. The Kier molecular flexibility index (Phi) is 5.01. The Morgan fingerprint density at radius 3 is 2.09 bits per heavy atom. The average Bonchev–Trinajstić information content (AvgIpc) is 3.31. The van der Waals surface area contributed by atoms with Gasteiger partial charge in [-0.25, -0.2) is 15.3 Å². The number of para-hydroxylation sites is 1. The molecule has 0 unspecified atom stereocenters. The SMILES string of the molecule is O=C1[C@H]2[C@@H](C(=O)N1c1ccccc1)N(Cc1ccccc1)N[C@H]2c1ccc([N+](=O)[O-])cc1. The number of imide groups is 1. The molecule has 0 bridgehead atoms. The first-order valence-corrected chi connectivity index (χ1v) is 10.3. The van der Waals surface area contributed by atoms with Gasteiger partial charge in [-0.15, -0.1) is 0 Å². The third kappa shape index (κ3) is 3.35. The molecule has 2 fully saturated rings. The number of carbonyl (C=O) groups is 2. The van der Waals surface area contributed by atoms with Gasteiger partial charge in [-0.1, -0.05) is 60.7 Å². The van der Waals surface area contributed by atoms with Crippen molar-refractivity contribution in [2.24, 2.45) is 5.92 Å². The van der Waals surface area contributed by atoms with Crippen LogP contribution in [-0.4, -0.2) is 27.8 Å². The maximum absolute atomic E-state index is 13.5. The molecular weight excluding hydrogens is 408 g/mol. The van der Waals surface area contributed by atoms with Crippen LogP contribution < -0.4 is 10.3 Å². The van der Waals surface area contributed by atoms with E-state index in [9.17, 15) is 19.7 Å². The molecule has 2 saturated heterocycles. The number of nitrogens with zero attached hydrogens (tertiary/aromatic N) is 3. The molecule has 8 nitrogen and oxygen atoms in total. The van der Waals surface area contributed by atoms with Gasteiger partial charge in [0.15, 0.2) is 0 Å². The van der Waals surface area contributed by atoms with Crippen LogP contribution in [0.1, 0.15) is 17.2 Å². The van der Waals surface area contributed by atoms with Gasteiger partial charge >= 0.3 is 0 Å². The Bertz CT molecular complexity index is 1170. The van der Waals surface area contributed by atoms with E-state index in [4.69, 9.17) is 0 Å². The highest BCUT2D eigenvalue weighted by Gasteiger charge is 2.58.